The number of anilines is 1. The fourth-order valence-corrected chi connectivity index (χ4v) is 2.88. The molecular formula is C15H11ClFN5. The lowest BCUT2D eigenvalue weighted by atomic mass is 9.94. The minimum atomic E-state index is -0.353. The molecule has 1 aliphatic rings. The number of nitrogens with two attached hydrogens (primary N) is 1. The first-order valence-electron chi connectivity index (χ1n) is 6.65. The largest absolute Gasteiger partial charge is 0.400 e. The van der Waals surface area contributed by atoms with Gasteiger partial charge in [-0.2, -0.15) is 5.10 Å². The Hall–Kier alpha value is -2.60. The summed E-state index contributed by atoms with van der Waals surface area (Å²) < 4.78 is 13.8. The van der Waals surface area contributed by atoms with Crippen molar-refractivity contribution < 1.29 is 4.39 Å². The molecule has 0 bridgehead atoms. The van der Waals surface area contributed by atoms with Crippen LogP contribution in [0.2, 0.25) is 5.02 Å². The van der Waals surface area contributed by atoms with Gasteiger partial charge in [-0.15, -0.1) is 0 Å². The highest BCUT2D eigenvalue weighted by molar-refractivity contribution is 6.30. The standard InChI is InChI=1S/C15H11ClFN5/c16-7-3-12-15(20-4-7)13(11(18)6-19-12)8-1-2-10(17)14-9(8)5-21-22-14/h1-5,19H,6,18H2,(H,21,22). The molecule has 110 valence electrons. The second kappa shape index (κ2) is 4.71. The Bertz CT molecular complexity index is 931. The lowest BCUT2D eigenvalue weighted by molar-refractivity contribution is 0.636. The molecule has 4 N–H and O–H groups in total. The summed E-state index contributed by atoms with van der Waals surface area (Å²) in [5, 5.41) is 11.0. The topological polar surface area (TPSA) is 79.6 Å². The van der Waals surface area contributed by atoms with Crippen LogP contribution in [0.5, 0.6) is 0 Å². The minimum absolute atomic E-state index is 0.353. The van der Waals surface area contributed by atoms with Gasteiger partial charge < -0.3 is 11.1 Å². The summed E-state index contributed by atoms with van der Waals surface area (Å²) in [6.45, 7) is 0.473. The van der Waals surface area contributed by atoms with E-state index in [0.717, 1.165) is 16.8 Å². The molecule has 0 fully saturated rings. The van der Waals surface area contributed by atoms with Crippen molar-refractivity contribution in [3.63, 3.8) is 0 Å². The number of nitrogens with zero attached hydrogens (tertiary/aromatic N) is 2. The van der Waals surface area contributed by atoms with Gasteiger partial charge >= 0.3 is 0 Å². The van der Waals surface area contributed by atoms with Gasteiger partial charge in [0.15, 0.2) is 0 Å². The van der Waals surface area contributed by atoms with Crippen molar-refractivity contribution in [1.82, 2.24) is 15.2 Å². The predicted molar refractivity (Wildman–Crippen MR) is 84.0 cm³/mol. The Morgan fingerprint density at radius 1 is 1.27 bits per heavy atom. The molecule has 2 aromatic heterocycles. The van der Waals surface area contributed by atoms with Crippen molar-refractivity contribution in [3.05, 3.63) is 58.4 Å². The van der Waals surface area contributed by atoms with Gasteiger partial charge in [0.25, 0.3) is 0 Å². The molecule has 1 aromatic carbocycles. The van der Waals surface area contributed by atoms with Gasteiger partial charge in [0, 0.05) is 22.9 Å². The smallest absolute Gasteiger partial charge is 0.148 e. The van der Waals surface area contributed by atoms with Crippen LogP contribution in [0.1, 0.15) is 11.3 Å². The summed E-state index contributed by atoms with van der Waals surface area (Å²) in [6, 6.07) is 4.89. The van der Waals surface area contributed by atoms with E-state index in [1.54, 1.807) is 24.5 Å². The molecule has 3 heterocycles. The van der Waals surface area contributed by atoms with Crippen molar-refractivity contribution in [2.45, 2.75) is 0 Å². The van der Waals surface area contributed by atoms with Crippen molar-refractivity contribution >= 4 is 33.8 Å². The summed E-state index contributed by atoms with van der Waals surface area (Å²) in [5.41, 5.74) is 10.2. The number of aromatic nitrogens is 3. The van der Waals surface area contributed by atoms with E-state index in [1.807, 2.05) is 0 Å². The van der Waals surface area contributed by atoms with Crippen LogP contribution in [0.4, 0.5) is 10.1 Å². The van der Waals surface area contributed by atoms with Crippen LogP contribution in [0.3, 0.4) is 0 Å². The average molecular weight is 316 g/mol. The van der Waals surface area contributed by atoms with Gasteiger partial charge in [-0.1, -0.05) is 17.7 Å². The fraction of sp³-hybridized carbons (Fsp3) is 0.0667. The molecule has 7 heteroatoms. The number of hydrogen-bond acceptors (Lipinski definition) is 4. The van der Waals surface area contributed by atoms with Crippen molar-refractivity contribution in [2.24, 2.45) is 5.73 Å². The zero-order chi connectivity index (χ0) is 15.3. The lowest BCUT2D eigenvalue weighted by Gasteiger charge is -2.22. The fourth-order valence-electron chi connectivity index (χ4n) is 2.72. The van der Waals surface area contributed by atoms with Crippen LogP contribution < -0.4 is 11.1 Å². The maximum Gasteiger partial charge on any atom is 0.148 e. The van der Waals surface area contributed by atoms with E-state index in [0.29, 0.717) is 33.9 Å². The number of pyridine rings is 1. The van der Waals surface area contributed by atoms with Crippen LogP contribution in [0.15, 0.2) is 36.3 Å². The third-order valence-corrected chi connectivity index (χ3v) is 3.92. The molecule has 22 heavy (non-hydrogen) atoms. The Kier molecular flexibility index (Phi) is 2.80. The predicted octanol–water partition coefficient (Wildman–Crippen LogP) is 2.89. The Labute approximate surface area is 130 Å². The van der Waals surface area contributed by atoms with Crippen LogP contribution >= 0.6 is 11.6 Å². The highest BCUT2D eigenvalue weighted by Crippen LogP contribution is 2.37. The summed E-state index contributed by atoms with van der Waals surface area (Å²) in [6.07, 6.45) is 3.16. The number of halogens is 2. The zero-order valence-electron chi connectivity index (χ0n) is 11.3. The maximum absolute atomic E-state index is 13.8. The van der Waals surface area contributed by atoms with Gasteiger partial charge in [0.1, 0.15) is 11.3 Å². The van der Waals surface area contributed by atoms with Gasteiger partial charge in [0.05, 0.1) is 29.1 Å². The van der Waals surface area contributed by atoms with Crippen molar-refractivity contribution in [3.8, 4) is 0 Å². The van der Waals surface area contributed by atoms with Crippen LogP contribution in [-0.4, -0.2) is 21.7 Å². The first-order chi connectivity index (χ1) is 10.6. The molecule has 1 aliphatic heterocycles. The molecule has 0 aliphatic carbocycles. The van der Waals surface area contributed by atoms with E-state index in [9.17, 15) is 4.39 Å². The number of rotatable bonds is 1. The second-order valence-electron chi connectivity index (χ2n) is 5.06. The maximum atomic E-state index is 13.8. The third kappa shape index (κ3) is 1.84. The Balaban J connectivity index is 2.02. The molecule has 4 rings (SSSR count). The van der Waals surface area contributed by atoms with E-state index >= 15 is 0 Å². The molecule has 5 nitrogen and oxygen atoms in total. The molecule has 0 amide bonds. The Morgan fingerprint density at radius 3 is 3.00 bits per heavy atom. The highest BCUT2D eigenvalue weighted by Gasteiger charge is 2.23. The molecule has 0 unspecified atom stereocenters. The van der Waals surface area contributed by atoms with E-state index in [-0.39, 0.29) is 5.82 Å². The van der Waals surface area contributed by atoms with Crippen LogP contribution in [0, 0.1) is 5.82 Å². The van der Waals surface area contributed by atoms with Gasteiger partial charge in [-0.25, -0.2) is 4.39 Å². The van der Waals surface area contributed by atoms with E-state index in [2.05, 4.69) is 20.5 Å². The molecule has 0 radical (unpaired) electrons. The number of aromatic amines is 1. The van der Waals surface area contributed by atoms with E-state index in [4.69, 9.17) is 17.3 Å². The van der Waals surface area contributed by atoms with E-state index < -0.39 is 0 Å². The first kappa shape index (κ1) is 13.1. The first-order valence-corrected chi connectivity index (χ1v) is 7.03. The number of H-pyrrole nitrogens is 1. The highest BCUT2D eigenvalue weighted by atomic mass is 35.5. The minimum Gasteiger partial charge on any atom is -0.400 e. The average Bonchev–Trinajstić information content (AvgIpc) is 2.99. The molecule has 0 saturated heterocycles. The summed E-state index contributed by atoms with van der Waals surface area (Å²) in [5.74, 6) is -0.353. The monoisotopic (exact) mass is 315 g/mol. The number of fused-ring (bicyclic) bond motifs is 2. The normalized spacial score (nSPS) is 14.1. The summed E-state index contributed by atoms with van der Waals surface area (Å²) in [7, 11) is 0. The molecule has 0 spiro atoms. The molecular weight excluding hydrogens is 305 g/mol. The Morgan fingerprint density at radius 2 is 2.14 bits per heavy atom. The van der Waals surface area contributed by atoms with Crippen molar-refractivity contribution in [2.75, 3.05) is 11.9 Å². The second-order valence-corrected chi connectivity index (χ2v) is 5.49. The molecule has 3 aromatic rings. The van der Waals surface area contributed by atoms with Crippen LogP contribution in [-0.2, 0) is 0 Å². The quantitative estimate of drug-likeness (QED) is 0.645. The number of benzene rings is 1. The summed E-state index contributed by atoms with van der Waals surface area (Å²) in [4.78, 5) is 4.38. The van der Waals surface area contributed by atoms with Gasteiger partial charge in [-0.3, -0.25) is 10.1 Å². The lowest BCUT2D eigenvalue weighted by Crippen LogP contribution is -2.21. The molecule has 0 saturated carbocycles. The zero-order valence-corrected chi connectivity index (χ0v) is 12.1. The van der Waals surface area contributed by atoms with Gasteiger partial charge in [0.2, 0.25) is 0 Å². The third-order valence-electron chi connectivity index (χ3n) is 3.72. The van der Waals surface area contributed by atoms with Gasteiger partial charge in [-0.05, 0) is 17.7 Å². The van der Waals surface area contributed by atoms with E-state index in [1.165, 1.54) is 6.07 Å². The summed E-state index contributed by atoms with van der Waals surface area (Å²) >= 11 is 5.99. The SMILES string of the molecule is NC1=C(c2ccc(F)c3[nH]ncc23)c2ncc(Cl)cc2NC1. The number of hydrogen-bond donors (Lipinski definition) is 3. The molecule has 0 atom stereocenters. The van der Waals surface area contributed by atoms with Crippen molar-refractivity contribution in [1.29, 1.82) is 0 Å². The van der Waals surface area contributed by atoms with Crippen LogP contribution in [0.25, 0.3) is 16.5 Å². The number of nitrogens with one attached hydrogen (secondary N) is 2.